The molecule has 0 spiro atoms. The summed E-state index contributed by atoms with van der Waals surface area (Å²) in [5, 5.41) is 8.64. The second-order valence-electron chi connectivity index (χ2n) is 6.71. The van der Waals surface area contributed by atoms with E-state index in [1.54, 1.807) is 0 Å². The van der Waals surface area contributed by atoms with Gasteiger partial charge in [-0.3, -0.25) is 0 Å². The normalized spacial score (nSPS) is 12.3. The SMILES string of the molecule is Brc1ccc(-n2nc3c(c2Nc2ccccc2)CCc2ccccc2-3)cc1. The Morgan fingerprint density at radius 3 is 2.37 bits per heavy atom. The lowest BCUT2D eigenvalue weighted by molar-refractivity contribution is 0.891. The maximum atomic E-state index is 5.03. The van der Waals surface area contributed by atoms with E-state index in [0.717, 1.165) is 40.2 Å². The number of hydrogen-bond acceptors (Lipinski definition) is 2. The Morgan fingerprint density at radius 2 is 1.56 bits per heavy atom. The third kappa shape index (κ3) is 2.96. The van der Waals surface area contributed by atoms with Crippen LogP contribution in [0.1, 0.15) is 11.1 Å². The predicted molar refractivity (Wildman–Crippen MR) is 114 cm³/mol. The van der Waals surface area contributed by atoms with Crippen molar-refractivity contribution in [2.24, 2.45) is 0 Å². The van der Waals surface area contributed by atoms with Gasteiger partial charge in [0.25, 0.3) is 0 Å². The van der Waals surface area contributed by atoms with Gasteiger partial charge in [0.05, 0.1) is 11.4 Å². The molecular weight excluding hydrogens is 398 g/mol. The Morgan fingerprint density at radius 1 is 0.815 bits per heavy atom. The van der Waals surface area contributed by atoms with E-state index >= 15 is 0 Å². The van der Waals surface area contributed by atoms with Gasteiger partial charge in [-0.05, 0) is 54.8 Å². The summed E-state index contributed by atoms with van der Waals surface area (Å²) in [6.45, 7) is 0. The zero-order chi connectivity index (χ0) is 18.2. The summed E-state index contributed by atoms with van der Waals surface area (Å²) < 4.78 is 3.10. The van der Waals surface area contributed by atoms with Gasteiger partial charge in [0, 0.05) is 21.3 Å². The van der Waals surface area contributed by atoms with Crippen LogP contribution >= 0.6 is 15.9 Å². The molecule has 0 saturated carbocycles. The fraction of sp³-hybridized carbons (Fsp3) is 0.0870. The molecule has 4 aromatic rings. The summed E-state index contributed by atoms with van der Waals surface area (Å²) in [7, 11) is 0. The quantitative estimate of drug-likeness (QED) is 0.435. The highest BCUT2D eigenvalue weighted by atomic mass is 79.9. The zero-order valence-electron chi connectivity index (χ0n) is 14.7. The number of hydrogen-bond donors (Lipinski definition) is 1. The summed E-state index contributed by atoms with van der Waals surface area (Å²) in [5.74, 6) is 1.05. The fourth-order valence-electron chi connectivity index (χ4n) is 3.69. The highest BCUT2D eigenvalue weighted by Crippen LogP contribution is 2.39. The van der Waals surface area contributed by atoms with Crippen LogP contribution in [0.5, 0.6) is 0 Å². The van der Waals surface area contributed by atoms with E-state index in [1.807, 2.05) is 22.9 Å². The highest BCUT2D eigenvalue weighted by Gasteiger charge is 2.25. The fourth-order valence-corrected chi connectivity index (χ4v) is 3.95. The molecule has 132 valence electrons. The van der Waals surface area contributed by atoms with Gasteiger partial charge in [-0.2, -0.15) is 5.10 Å². The minimum absolute atomic E-state index is 0.984. The van der Waals surface area contributed by atoms with Crippen LogP contribution in [0, 0.1) is 0 Å². The summed E-state index contributed by atoms with van der Waals surface area (Å²) in [5.41, 5.74) is 7.09. The Hall–Kier alpha value is -2.85. The monoisotopic (exact) mass is 415 g/mol. The minimum Gasteiger partial charge on any atom is -0.340 e. The van der Waals surface area contributed by atoms with E-state index in [1.165, 1.54) is 16.7 Å². The number of rotatable bonds is 3. The molecule has 0 aliphatic heterocycles. The standard InChI is InChI=1S/C23H18BrN3/c24-17-11-13-19(14-12-17)27-23(25-18-7-2-1-3-8-18)21-15-10-16-6-4-5-9-20(16)22(21)26-27/h1-9,11-14,25H,10,15H2. The van der Waals surface area contributed by atoms with Crippen LogP contribution in [0.3, 0.4) is 0 Å². The maximum absolute atomic E-state index is 5.03. The Bertz CT molecular complexity index is 1100. The number of nitrogens with zero attached hydrogens (tertiary/aromatic N) is 2. The van der Waals surface area contributed by atoms with Crippen LogP contribution in [0.4, 0.5) is 11.5 Å². The summed E-state index contributed by atoms with van der Waals surface area (Å²) in [4.78, 5) is 0. The Kier molecular flexibility index (Phi) is 4.06. The third-order valence-electron chi connectivity index (χ3n) is 5.01. The van der Waals surface area contributed by atoms with Crippen LogP contribution in [0.25, 0.3) is 16.9 Å². The van der Waals surface area contributed by atoms with Crippen LogP contribution < -0.4 is 5.32 Å². The molecule has 0 radical (unpaired) electrons. The minimum atomic E-state index is 0.984. The molecule has 1 heterocycles. The molecule has 3 nitrogen and oxygen atoms in total. The summed E-state index contributed by atoms with van der Waals surface area (Å²) in [6.07, 6.45) is 2.02. The molecule has 1 aliphatic rings. The third-order valence-corrected chi connectivity index (χ3v) is 5.54. The molecule has 4 heteroatoms. The second-order valence-corrected chi connectivity index (χ2v) is 7.63. The number of benzene rings is 3. The van der Waals surface area contributed by atoms with E-state index in [-0.39, 0.29) is 0 Å². The van der Waals surface area contributed by atoms with E-state index in [0.29, 0.717) is 0 Å². The molecule has 0 unspecified atom stereocenters. The van der Waals surface area contributed by atoms with Crippen molar-refractivity contribution in [1.82, 2.24) is 9.78 Å². The zero-order valence-corrected chi connectivity index (χ0v) is 16.3. The number of nitrogens with one attached hydrogen (secondary N) is 1. The van der Waals surface area contributed by atoms with E-state index in [9.17, 15) is 0 Å². The smallest absolute Gasteiger partial charge is 0.138 e. The molecular formula is C23H18BrN3. The van der Waals surface area contributed by atoms with E-state index < -0.39 is 0 Å². The van der Waals surface area contributed by atoms with Crippen LogP contribution in [0.15, 0.2) is 83.3 Å². The van der Waals surface area contributed by atoms with Crippen molar-refractivity contribution in [3.63, 3.8) is 0 Å². The molecule has 5 rings (SSSR count). The first-order valence-electron chi connectivity index (χ1n) is 9.08. The van der Waals surface area contributed by atoms with Gasteiger partial charge in [0.15, 0.2) is 0 Å². The molecule has 1 aliphatic carbocycles. The Labute approximate surface area is 166 Å². The topological polar surface area (TPSA) is 29.9 Å². The molecule has 1 N–H and O–H groups in total. The van der Waals surface area contributed by atoms with Crippen molar-refractivity contribution in [3.05, 3.63) is 94.5 Å². The van der Waals surface area contributed by atoms with Gasteiger partial charge in [-0.15, -0.1) is 0 Å². The average molecular weight is 416 g/mol. The number of para-hydroxylation sites is 1. The maximum Gasteiger partial charge on any atom is 0.138 e. The van der Waals surface area contributed by atoms with Gasteiger partial charge >= 0.3 is 0 Å². The summed E-state index contributed by atoms with van der Waals surface area (Å²) in [6, 6.07) is 27.2. The Balaban J connectivity index is 1.70. The van der Waals surface area contributed by atoms with Gasteiger partial charge in [-0.25, -0.2) is 4.68 Å². The first-order valence-corrected chi connectivity index (χ1v) is 9.87. The lowest BCUT2D eigenvalue weighted by Gasteiger charge is -2.16. The van der Waals surface area contributed by atoms with Crippen LogP contribution in [-0.2, 0) is 12.8 Å². The van der Waals surface area contributed by atoms with Crippen molar-refractivity contribution < 1.29 is 0 Å². The van der Waals surface area contributed by atoms with Crippen LogP contribution in [0.2, 0.25) is 0 Å². The molecule has 3 aromatic carbocycles. The van der Waals surface area contributed by atoms with Crippen molar-refractivity contribution >= 4 is 27.4 Å². The number of halogens is 1. The molecule has 1 aromatic heterocycles. The lowest BCUT2D eigenvalue weighted by Crippen LogP contribution is -2.05. The summed E-state index contributed by atoms with van der Waals surface area (Å²) >= 11 is 3.52. The molecule has 0 saturated heterocycles. The lowest BCUT2D eigenvalue weighted by atomic mass is 9.90. The molecule has 27 heavy (non-hydrogen) atoms. The first kappa shape index (κ1) is 16.3. The van der Waals surface area contributed by atoms with Crippen molar-refractivity contribution in [1.29, 1.82) is 0 Å². The molecule has 0 atom stereocenters. The highest BCUT2D eigenvalue weighted by molar-refractivity contribution is 9.10. The molecule has 0 fully saturated rings. The number of aryl methyl sites for hydroxylation is 1. The second kappa shape index (κ2) is 6.71. The number of aromatic nitrogens is 2. The van der Waals surface area contributed by atoms with Gasteiger partial charge in [-0.1, -0.05) is 58.4 Å². The van der Waals surface area contributed by atoms with Gasteiger partial charge < -0.3 is 5.32 Å². The van der Waals surface area contributed by atoms with Crippen molar-refractivity contribution in [2.75, 3.05) is 5.32 Å². The van der Waals surface area contributed by atoms with Crippen molar-refractivity contribution in [3.8, 4) is 16.9 Å². The van der Waals surface area contributed by atoms with Gasteiger partial charge in [0.1, 0.15) is 5.82 Å². The average Bonchev–Trinajstić information content (AvgIpc) is 3.08. The largest absolute Gasteiger partial charge is 0.340 e. The predicted octanol–water partition coefficient (Wildman–Crippen LogP) is 6.14. The number of anilines is 2. The van der Waals surface area contributed by atoms with Gasteiger partial charge in [0.2, 0.25) is 0 Å². The van der Waals surface area contributed by atoms with E-state index in [4.69, 9.17) is 5.10 Å². The first-order chi connectivity index (χ1) is 13.3. The molecule has 0 amide bonds. The van der Waals surface area contributed by atoms with E-state index in [2.05, 4.69) is 81.9 Å². The molecule has 0 bridgehead atoms. The number of fused-ring (bicyclic) bond motifs is 3. The van der Waals surface area contributed by atoms with Crippen molar-refractivity contribution in [2.45, 2.75) is 12.8 Å². The van der Waals surface area contributed by atoms with Crippen LogP contribution in [-0.4, -0.2) is 9.78 Å².